The highest BCUT2D eigenvalue weighted by Crippen LogP contribution is 2.44. The largest absolute Gasteiger partial charge is 0.418 e. The number of alkyl halides is 6. The zero-order chi connectivity index (χ0) is 28.4. The number of rotatable bonds is 4. The summed E-state index contributed by atoms with van der Waals surface area (Å²) >= 11 is 0. The Hall–Kier alpha value is -3.98. The fraction of sp³-hybridized carbons (Fsp3) is 0.391. The van der Waals surface area contributed by atoms with Crippen molar-refractivity contribution in [1.82, 2.24) is 24.8 Å². The Bertz CT molecular complexity index is 1480. The maximum Gasteiger partial charge on any atom is 0.418 e. The molecule has 0 unspecified atom stereocenters. The molecule has 2 aromatic heterocycles. The molecule has 39 heavy (non-hydrogen) atoms. The SMILES string of the molecule is Nc1ncnn2c(-c3ccc(F)c(C(=O)N[C@@H]4CN(C(=O)C5CC(F)(F)C5)C[C@@H]4F)c3F)cc(C(F)(F)F)c12. The first-order valence-corrected chi connectivity index (χ1v) is 11.5. The second kappa shape index (κ2) is 9.05. The van der Waals surface area contributed by atoms with Gasteiger partial charge in [0.2, 0.25) is 11.8 Å². The quantitative estimate of drug-likeness (QED) is 0.473. The van der Waals surface area contributed by atoms with Gasteiger partial charge in [-0.15, -0.1) is 0 Å². The van der Waals surface area contributed by atoms with E-state index in [4.69, 9.17) is 5.73 Å². The van der Waals surface area contributed by atoms with Crippen LogP contribution in [0.3, 0.4) is 0 Å². The molecule has 8 nitrogen and oxygen atoms in total. The minimum Gasteiger partial charge on any atom is -0.382 e. The molecule has 3 N–H and O–H groups in total. The number of fused-ring (bicyclic) bond motifs is 1. The molecule has 208 valence electrons. The number of nitrogens with one attached hydrogen (secondary N) is 1. The van der Waals surface area contributed by atoms with E-state index in [0.29, 0.717) is 16.6 Å². The minimum atomic E-state index is -4.95. The number of carbonyl (C=O) groups excluding carboxylic acids is 2. The van der Waals surface area contributed by atoms with Gasteiger partial charge >= 0.3 is 6.18 Å². The van der Waals surface area contributed by atoms with Gasteiger partial charge in [-0.25, -0.2) is 31.5 Å². The van der Waals surface area contributed by atoms with Gasteiger partial charge in [0.1, 0.15) is 35.2 Å². The van der Waals surface area contributed by atoms with Gasteiger partial charge in [0, 0.05) is 30.9 Å². The van der Waals surface area contributed by atoms with Crippen LogP contribution in [0.2, 0.25) is 0 Å². The second-order valence-electron chi connectivity index (χ2n) is 9.43. The summed E-state index contributed by atoms with van der Waals surface area (Å²) in [6, 6.07) is 0.534. The molecule has 1 aromatic carbocycles. The molecule has 1 aliphatic heterocycles. The first-order valence-electron chi connectivity index (χ1n) is 11.5. The number of hydrogen-bond acceptors (Lipinski definition) is 5. The Morgan fingerprint density at radius 1 is 1.13 bits per heavy atom. The third-order valence-electron chi connectivity index (χ3n) is 6.80. The fourth-order valence-electron chi connectivity index (χ4n) is 4.85. The van der Waals surface area contributed by atoms with Gasteiger partial charge in [0.25, 0.3) is 5.91 Å². The standard InChI is InChI=1S/C23H18F8N6O2/c24-12-2-1-10(15-3-11(23(29,30)31)18-19(32)33-8-34-37(15)18)17(26)16(12)20(38)35-14-7-36(6-13(14)25)21(39)9-4-22(27,28)5-9/h1-3,8-9,13-14H,4-7H2,(H,35,38)(H2,32,33,34)/t13-,14+/m0/s1. The van der Waals surface area contributed by atoms with E-state index in [1.165, 1.54) is 0 Å². The molecule has 0 radical (unpaired) electrons. The van der Waals surface area contributed by atoms with E-state index >= 15 is 4.39 Å². The lowest BCUT2D eigenvalue weighted by Crippen LogP contribution is -2.47. The van der Waals surface area contributed by atoms with Crippen molar-refractivity contribution in [3.63, 3.8) is 0 Å². The molecule has 0 bridgehead atoms. The normalized spacial score (nSPS) is 21.3. The average molecular weight is 562 g/mol. The molecule has 2 aliphatic rings. The zero-order valence-corrected chi connectivity index (χ0v) is 19.6. The van der Waals surface area contributed by atoms with Crippen LogP contribution in [0.1, 0.15) is 28.8 Å². The zero-order valence-electron chi connectivity index (χ0n) is 19.6. The number of benzene rings is 1. The molecule has 5 rings (SSSR count). The Morgan fingerprint density at radius 3 is 2.46 bits per heavy atom. The van der Waals surface area contributed by atoms with Crippen LogP contribution < -0.4 is 11.1 Å². The lowest BCUT2D eigenvalue weighted by molar-refractivity contribution is -0.159. The molecule has 1 aliphatic carbocycles. The van der Waals surface area contributed by atoms with Crippen molar-refractivity contribution in [2.24, 2.45) is 5.92 Å². The predicted octanol–water partition coefficient (Wildman–Crippen LogP) is 3.60. The predicted molar refractivity (Wildman–Crippen MR) is 118 cm³/mol. The number of nitrogens with two attached hydrogens (primary N) is 1. The summed E-state index contributed by atoms with van der Waals surface area (Å²) in [4.78, 5) is 29.7. The topological polar surface area (TPSA) is 106 Å². The molecule has 1 saturated heterocycles. The fourth-order valence-corrected chi connectivity index (χ4v) is 4.85. The molecule has 1 saturated carbocycles. The molecule has 16 heteroatoms. The summed E-state index contributed by atoms with van der Waals surface area (Å²) in [6.45, 7) is -0.945. The van der Waals surface area contributed by atoms with Gasteiger partial charge in [0.15, 0.2) is 5.82 Å². The van der Waals surface area contributed by atoms with Gasteiger partial charge < -0.3 is 16.0 Å². The maximum absolute atomic E-state index is 15.5. The molecule has 2 atom stereocenters. The number of anilines is 1. The van der Waals surface area contributed by atoms with Crippen LogP contribution in [0, 0.1) is 17.6 Å². The highest BCUT2D eigenvalue weighted by atomic mass is 19.4. The van der Waals surface area contributed by atoms with Crippen LogP contribution in [0.15, 0.2) is 24.5 Å². The van der Waals surface area contributed by atoms with E-state index in [2.05, 4.69) is 15.4 Å². The number of aromatic nitrogens is 3. The summed E-state index contributed by atoms with van der Waals surface area (Å²) in [5.74, 6) is -9.65. The third kappa shape index (κ3) is 4.61. The van der Waals surface area contributed by atoms with Gasteiger partial charge in [-0.3, -0.25) is 9.59 Å². The number of likely N-dealkylation sites (tertiary alicyclic amines) is 1. The Kier molecular flexibility index (Phi) is 6.18. The van der Waals surface area contributed by atoms with Crippen LogP contribution in [-0.2, 0) is 11.0 Å². The Balaban J connectivity index is 1.43. The van der Waals surface area contributed by atoms with E-state index in [-0.39, 0.29) is 0 Å². The molecular formula is C23H18F8N6O2. The van der Waals surface area contributed by atoms with Crippen molar-refractivity contribution in [3.05, 3.63) is 47.3 Å². The van der Waals surface area contributed by atoms with E-state index < -0.39 is 113 Å². The second-order valence-corrected chi connectivity index (χ2v) is 9.43. The van der Waals surface area contributed by atoms with E-state index in [0.717, 1.165) is 17.3 Å². The molecule has 2 fully saturated rings. The highest BCUT2D eigenvalue weighted by molar-refractivity contribution is 5.96. The molecule has 2 amide bonds. The first-order chi connectivity index (χ1) is 18.2. The van der Waals surface area contributed by atoms with Crippen molar-refractivity contribution in [2.75, 3.05) is 18.8 Å². The number of halogens is 8. The monoisotopic (exact) mass is 562 g/mol. The lowest BCUT2D eigenvalue weighted by atomic mass is 9.80. The molecule has 3 heterocycles. The summed E-state index contributed by atoms with van der Waals surface area (Å²) in [7, 11) is 0. The first kappa shape index (κ1) is 26.6. The van der Waals surface area contributed by atoms with Crippen LogP contribution in [0.25, 0.3) is 16.8 Å². The molecule has 3 aromatic rings. The van der Waals surface area contributed by atoms with Gasteiger partial charge in [-0.05, 0) is 18.2 Å². The third-order valence-corrected chi connectivity index (χ3v) is 6.80. The van der Waals surface area contributed by atoms with E-state index in [9.17, 15) is 40.3 Å². The number of carbonyl (C=O) groups is 2. The van der Waals surface area contributed by atoms with Crippen LogP contribution in [0.4, 0.5) is 40.9 Å². The number of hydrogen-bond donors (Lipinski definition) is 2. The van der Waals surface area contributed by atoms with Crippen molar-refractivity contribution in [3.8, 4) is 11.3 Å². The Morgan fingerprint density at radius 2 is 1.82 bits per heavy atom. The lowest BCUT2D eigenvalue weighted by Gasteiger charge is -2.36. The van der Waals surface area contributed by atoms with Crippen LogP contribution >= 0.6 is 0 Å². The number of nitrogen functional groups attached to an aromatic ring is 1. The summed E-state index contributed by atoms with van der Waals surface area (Å²) in [5.41, 5.74) is 1.22. The van der Waals surface area contributed by atoms with E-state index in [1.54, 1.807) is 0 Å². The smallest absolute Gasteiger partial charge is 0.382 e. The van der Waals surface area contributed by atoms with Crippen molar-refractivity contribution >= 4 is 23.1 Å². The summed E-state index contributed by atoms with van der Waals surface area (Å²) in [6.07, 6.45) is -7.35. The average Bonchev–Trinajstić information content (AvgIpc) is 3.39. The van der Waals surface area contributed by atoms with Gasteiger partial charge in [-0.1, -0.05) is 0 Å². The molecule has 0 spiro atoms. The van der Waals surface area contributed by atoms with Crippen molar-refractivity contribution in [2.45, 2.75) is 37.2 Å². The van der Waals surface area contributed by atoms with E-state index in [1.807, 2.05) is 0 Å². The van der Waals surface area contributed by atoms with Gasteiger partial charge in [-0.2, -0.15) is 18.3 Å². The maximum atomic E-state index is 15.5. The number of nitrogens with zero attached hydrogens (tertiary/aromatic N) is 4. The van der Waals surface area contributed by atoms with Crippen molar-refractivity contribution < 1.29 is 44.7 Å². The number of amides is 2. The highest BCUT2D eigenvalue weighted by Gasteiger charge is 2.51. The minimum absolute atomic E-state index is 0.425. The van der Waals surface area contributed by atoms with Crippen LogP contribution in [0.5, 0.6) is 0 Å². The summed E-state index contributed by atoms with van der Waals surface area (Å²) < 4.78 is 112. The molecular weight excluding hydrogens is 544 g/mol. The van der Waals surface area contributed by atoms with Crippen molar-refractivity contribution in [1.29, 1.82) is 0 Å². The van der Waals surface area contributed by atoms with Crippen LogP contribution in [-0.4, -0.2) is 62.5 Å². The Labute approximate surface area is 213 Å². The van der Waals surface area contributed by atoms with Gasteiger partial charge in [0.05, 0.1) is 23.8 Å². The summed E-state index contributed by atoms with van der Waals surface area (Å²) in [5, 5.41) is 5.76.